The second-order valence-corrected chi connectivity index (χ2v) is 8.97. The molecule has 4 amide bonds. The highest BCUT2D eigenvalue weighted by Gasteiger charge is 2.23. The molecule has 0 saturated carbocycles. The highest BCUT2D eigenvalue weighted by Crippen LogP contribution is 2.22. The van der Waals surface area contributed by atoms with Crippen molar-refractivity contribution in [3.8, 4) is 0 Å². The van der Waals surface area contributed by atoms with E-state index in [1.165, 1.54) is 0 Å². The van der Waals surface area contributed by atoms with Gasteiger partial charge in [0.05, 0.1) is 10.3 Å². The van der Waals surface area contributed by atoms with Crippen LogP contribution in [0, 0.1) is 26.2 Å². The lowest BCUT2D eigenvalue weighted by molar-refractivity contribution is -0.112. The number of nitrogens with two attached hydrogens (primary N) is 1. The summed E-state index contributed by atoms with van der Waals surface area (Å²) in [5, 5.41) is 37.1. The zero-order valence-electron chi connectivity index (χ0n) is 20.6. The number of aromatic amines is 3. The molecule has 17 heteroatoms. The Hall–Kier alpha value is -4.80. The van der Waals surface area contributed by atoms with Gasteiger partial charge >= 0.3 is 0 Å². The number of aromatic nitrogens is 6. The molecule has 0 bridgehead atoms. The van der Waals surface area contributed by atoms with Crippen LogP contribution in [0.2, 0.25) is 0 Å². The number of hydrogen-bond donors (Lipinski definition) is 9. The lowest BCUT2D eigenvalue weighted by Gasteiger charge is -2.05. The number of amides is 4. The van der Waals surface area contributed by atoms with E-state index < -0.39 is 23.6 Å². The number of H-pyrrole nitrogens is 3. The van der Waals surface area contributed by atoms with Crippen LogP contribution in [-0.4, -0.2) is 66.6 Å². The van der Waals surface area contributed by atoms with Gasteiger partial charge in [-0.2, -0.15) is 15.3 Å². The lowest BCUT2D eigenvalue weighted by atomic mass is 10.2. The maximum absolute atomic E-state index is 12.8. The molecule has 0 atom stereocenters. The SMILES string of the molecule is C=C(Br)C(=O)Nc1n[nH]c(C(=O)Nc2n[nH]c(C(=O)Nc3n[nH]c(C(=O)NCCC(=N)N)c3C)c2C)c1C. The molecule has 0 fully saturated rings. The maximum Gasteiger partial charge on any atom is 0.275 e. The van der Waals surface area contributed by atoms with Crippen molar-refractivity contribution >= 4 is 62.8 Å². The van der Waals surface area contributed by atoms with Gasteiger partial charge < -0.3 is 27.0 Å². The van der Waals surface area contributed by atoms with Crippen molar-refractivity contribution in [1.82, 2.24) is 35.9 Å². The minimum atomic E-state index is -0.605. The molecule has 0 aliphatic heterocycles. The molecule has 3 rings (SSSR count). The highest BCUT2D eigenvalue weighted by atomic mass is 79.9. The number of carbonyl (C=O) groups excluding carboxylic acids is 4. The summed E-state index contributed by atoms with van der Waals surface area (Å²) in [5.41, 5.74) is 6.67. The zero-order valence-corrected chi connectivity index (χ0v) is 22.1. The van der Waals surface area contributed by atoms with Crippen LogP contribution in [0.4, 0.5) is 17.5 Å². The molecule has 0 radical (unpaired) electrons. The molecule has 3 aromatic heterocycles. The smallest absolute Gasteiger partial charge is 0.275 e. The number of nitrogens with zero attached hydrogens (tertiary/aromatic N) is 3. The molecule has 0 saturated heterocycles. The van der Waals surface area contributed by atoms with Gasteiger partial charge in [-0.05, 0) is 36.7 Å². The topological polar surface area (TPSA) is 252 Å². The summed E-state index contributed by atoms with van der Waals surface area (Å²) >= 11 is 2.97. The van der Waals surface area contributed by atoms with Crippen LogP contribution in [0.1, 0.15) is 54.6 Å². The van der Waals surface area contributed by atoms with Crippen LogP contribution in [-0.2, 0) is 4.79 Å². The number of nitrogens with one attached hydrogen (secondary N) is 8. The van der Waals surface area contributed by atoms with E-state index in [9.17, 15) is 19.2 Å². The molecule has 0 aliphatic carbocycles. The van der Waals surface area contributed by atoms with E-state index in [1.807, 2.05) is 0 Å². The largest absolute Gasteiger partial charge is 0.388 e. The van der Waals surface area contributed by atoms with Gasteiger partial charge in [-0.3, -0.25) is 39.9 Å². The Morgan fingerprint density at radius 2 is 1.21 bits per heavy atom. The van der Waals surface area contributed by atoms with Gasteiger partial charge in [0.15, 0.2) is 17.5 Å². The minimum absolute atomic E-state index is 0.0556. The van der Waals surface area contributed by atoms with Crippen molar-refractivity contribution in [2.75, 3.05) is 22.5 Å². The molecule has 3 aromatic rings. The second kappa shape index (κ2) is 11.5. The van der Waals surface area contributed by atoms with Crippen molar-refractivity contribution in [2.24, 2.45) is 5.73 Å². The van der Waals surface area contributed by atoms with Crippen molar-refractivity contribution < 1.29 is 19.2 Å². The van der Waals surface area contributed by atoms with Crippen LogP contribution in [0.25, 0.3) is 0 Å². The van der Waals surface area contributed by atoms with Crippen LogP contribution in [0.5, 0.6) is 0 Å². The third kappa shape index (κ3) is 6.12. The molecule has 0 aromatic carbocycles. The Balaban J connectivity index is 1.67. The quantitative estimate of drug-likeness (QED) is 0.0941. The first-order chi connectivity index (χ1) is 17.9. The van der Waals surface area contributed by atoms with E-state index in [1.54, 1.807) is 20.8 Å². The summed E-state index contributed by atoms with van der Waals surface area (Å²) in [7, 11) is 0. The van der Waals surface area contributed by atoms with Crippen LogP contribution in [0.3, 0.4) is 0 Å². The van der Waals surface area contributed by atoms with E-state index in [-0.39, 0.29) is 57.8 Å². The third-order valence-electron chi connectivity index (χ3n) is 5.33. The van der Waals surface area contributed by atoms with E-state index >= 15 is 0 Å². The molecule has 10 N–H and O–H groups in total. The first kappa shape index (κ1) is 27.8. The van der Waals surface area contributed by atoms with Crippen molar-refractivity contribution in [3.05, 3.63) is 44.8 Å². The van der Waals surface area contributed by atoms with Crippen molar-refractivity contribution in [2.45, 2.75) is 27.2 Å². The highest BCUT2D eigenvalue weighted by molar-refractivity contribution is 9.12. The average molecular weight is 589 g/mol. The van der Waals surface area contributed by atoms with Crippen molar-refractivity contribution in [3.63, 3.8) is 0 Å². The molecular formula is C21H25BrN12O4. The lowest BCUT2D eigenvalue weighted by Crippen LogP contribution is -2.28. The summed E-state index contributed by atoms with van der Waals surface area (Å²) < 4.78 is 0.0954. The third-order valence-corrected chi connectivity index (χ3v) is 5.69. The number of rotatable bonds is 10. The van der Waals surface area contributed by atoms with Gasteiger partial charge in [-0.1, -0.05) is 6.58 Å². The Morgan fingerprint density at radius 3 is 1.61 bits per heavy atom. The first-order valence-electron chi connectivity index (χ1n) is 10.9. The Morgan fingerprint density at radius 1 is 0.816 bits per heavy atom. The zero-order chi connectivity index (χ0) is 28.1. The van der Waals surface area contributed by atoms with Crippen LogP contribution >= 0.6 is 15.9 Å². The van der Waals surface area contributed by atoms with Gasteiger partial charge in [0.1, 0.15) is 17.1 Å². The summed E-state index contributed by atoms with van der Waals surface area (Å²) in [6.45, 7) is 8.41. The summed E-state index contributed by atoms with van der Waals surface area (Å²) in [6.07, 6.45) is 0.200. The molecular weight excluding hydrogens is 564 g/mol. The predicted molar refractivity (Wildman–Crippen MR) is 141 cm³/mol. The van der Waals surface area contributed by atoms with Gasteiger partial charge in [-0.15, -0.1) is 0 Å². The fraction of sp³-hybridized carbons (Fsp3) is 0.238. The number of hydrogen-bond acceptors (Lipinski definition) is 8. The number of halogens is 1. The fourth-order valence-electron chi connectivity index (χ4n) is 3.14. The van der Waals surface area contributed by atoms with Crippen LogP contribution in [0.15, 0.2) is 11.1 Å². The van der Waals surface area contributed by atoms with Gasteiger partial charge in [-0.25, -0.2) is 0 Å². The number of amidine groups is 1. The van der Waals surface area contributed by atoms with Gasteiger partial charge in [0.2, 0.25) is 0 Å². The Bertz CT molecular complexity index is 1450. The second-order valence-electron chi connectivity index (χ2n) is 8.02. The van der Waals surface area contributed by atoms with E-state index in [0.29, 0.717) is 16.7 Å². The molecule has 0 spiro atoms. The molecule has 3 heterocycles. The standard InChI is InChI=1S/C21H25BrN12O4/c1-7-12(19(36)25-6-5-11(23)24)29-33-16(7)27-21(38)14-9(3)17(34-31-14)28-20(37)13-8(2)15(32-30-13)26-18(35)10(4)22/h4-6H2,1-3H3,(H3,23,24)(H,25,36)(H2,26,30,32,35)(H2,27,29,33,38)(H2,28,31,34,37). The number of anilines is 3. The van der Waals surface area contributed by atoms with E-state index in [2.05, 4.69) is 74.4 Å². The predicted octanol–water partition coefficient (Wildman–Crippen LogP) is 1.19. The molecule has 16 nitrogen and oxygen atoms in total. The molecule has 200 valence electrons. The van der Waals surface area contributed by atoms with Crippen LogP contribution < -0.4 is 27.0 Å². The fourth-order valence-corrected chi connectivity index (χ4v) is 3.24. The number of carbonyl (C=O) groups is 4. The normalized spacial score (nSPS) is 10.5. The van der Waals surface area contributed by atoms with E-state index in [4.69, 9.17) is 11.1 Å². The van der Waals surface area contributed by atoms with Crippen molar-refractivity contribution in [1.29, 1.82) is 5.41 Å². The Labute approximate surface area is 223 Å². The summed E-state index contributed by atoms with van der Waals surface area (Å²) in [5.74, 6) is -1.87. The summed E-state index contributed by atoms with van der Waals surface area (Å²) in [6, 6.07) is 0. The van der Waals surface area contributed by atoms with E-state index in [0.717, 1.165) is 0 Å². The molecule has 0 aliphatic rings. The molecule has 38 heavy (non-hydrogen) atoms. The minimum Gasteiger partial charge on any atom is -0.388 e. The molecule has 0 unspecified atom stereocenters. The van der Waals surface area contributed by atoms with Gasteiger partial charge in [0, 0.05) is 29.7 Å². The monoisotopic (exact) mass is 588 g/mol. The average Bonchev–Trinajstić information content (AvgIpc) is 3.51. The van der Waals surface area contributed by atoms with Gasteiger partial charge in [0.25, 0.3) is 23.6 Å². The maximum atomic E-state index is 12.8. The first-order valence-corrected chi connectivity index (χ1v) is 11.7. The summed E-state index contributed by atoms with van der Waals surface area (Å²) in [4.78, 5) is 49.7. The Kier molecular flexibility index (Phi) is 8.41.